The number of ether oxygens (including phenoxy) is 1. The van der Waals surface area contributed by atoms with E-state index in [0.29, 0.717) is 47.2 Å². The zero-order valence-electron chi connectivity index (χ0n) is 19.9. The Hall–Kier alpha value is -3.87. The Morgan fingerprint density at radius 3 is 2.47 bits per heavy atom. The van der Waals surface area contributed by atoms with Crippen LogP contribution < -0.4 is 15.5 Å². The van der Waals surface area contributed by atoms with Gasteiger partial charge in [-0.15, -0.1) is 0 Å². The molecule has 0 unspecified atom stereocenters. The first-order chi connectivity index (χ1) is 16.4. The normalized spacial score (nSPS) is 14.1. The molecule has 4 rings (SSSR count). The van der Waals surface area contributed by atoms with Gasteiger partial charge in [0.15, 0.2) is 5.76 Å². The molecular formula is C27H29N3O4. The fraction of sp³-hybridized carbons (Fsp3) is 0.296. The van der Waals surface area contributed by atoms with E-state index in [2.05, 4.69) is 29.7 Å². The van der Waals surface area contributed by atoms with Crippen LogP contribution in [0, 0.1) is 6.92 Å². The van der Waals surface area contributed by atoms with Crippen molar-refractivity contribution in [1.29, 1.82) is 0 Å². The number of furan rings is 1. The van der Waals surface area contributed by atoms with Crippen molar-refractivity contribution in [1.82, 2.24) is 5.43 Å². The van der Waals surface area contributed by atoms with E-state index in [1.807, 2.05) is 31.2 Å². The molecule has 3 aromatic rings. The summed E-state index contributed by atoms with van der Waals surface area (Å²) in [5.41, 5.74) is 7.17. The van der Waals surface area contributed by atoms with Crippen LogP contribution in [-0.4, -0.2) is 24.6 Å². The minimum absolute atomic E-state index is 0.267. The van der Waals surface area contributed by atoms with E-state index >= 15 is 0 Å². The number of nitrogens with zero attached hydrogens (tertiary/aromatic N) is 1. The average Bonchev–Trinajstić information content (AvgIpc) is 3.20. The lowest BCUT2D eigenvalue weighted by molar-refractivity contribution is 0.0950. The summed E-state index contributed by atoms with van der Waals surface area (Å²) >= 11 is 0. The smallest absolute Gasteiger partial charge is 0.291 e. The summed E-state index contributed by atoms with van der Waals surface area (Å²) in [6.07, 6.45) is 2.21. The van der Waals surface area contributed by atoms with Gasteiger partial charge >= 0.3 is 0 Å². The van der Waals surface area contributed by atoms with E-state index in [-0.39, 0.29) is 17.6 Å². The number of rotatable bonds is 6. The zero-order valence-corrected chi connectivity index (χ0v) is 19.9. The minimum Gasteiger partial charge on any atom is -0.496 e. The molecule has 7 heteroatoms. The maximum atomic E-state index is 13.0. The van der Waals surface area contributed by atoms with E-state index in [9.17, 15) is 9.59 Å². The number of carbonyl (C=O) groups excluding carboxylic acids is 2. The van der Waals surface area contributed by atoms with Gasteiger partial charge in [-0.1, -0.05) is 38.1 Å². The second-order valence-electron chi connectivity index (χ2n) is 8.64. The third kappa shape index (κ3) is 4.73. The number of aryl methyl sites for hydroxylation is 1. The number of hydrazone groups is 1. The van der Waals surface area contributed by atoms with Gasteiger partial charge in [-0.25, -0.2) is 5.43 Å². The molecule has 0 spiro atoms. The molecule has 0 radical (unpaired) electrons. The molecule has 0 saturated carbocycles. The molecule has 0 aliphatic heterocycles. The van der Waals surface area contributed by atoms with Gasteiger partial charge in [0.25, 0.3) is 11.8 Å². The van der Waals surface area contributed by atoms with E-state index in [0.717, 1.165) is 17.5 Å². The van der Waals surface area contributed by atoms with Gasteiger partial charge in [0, 0.05) is 23.2 Å². The predicted molar refractivity (Wildman–Crippen MR) is 132 cm³/mol. The molecule has 176 valence electrons. The highest BCUT2D eigenvalue weighted by Gasteiger charge is 2.28. The molecule has 0 fully saturated rings. The molecule has 2 N–H and O–H groups in total. The monoisotopic (exact) mass is 459 g/mol. The van der Waals surface area contributed by atoms with Crippen molar-refractivity contribution in [2.75, 3.05) is 12.4 Å². The number of anilines is 1. The molecule has 2 aromatic carbocycles. The summed E-state index contributed by atoms with van der Waals surface area (Å²) in [7, 11) is 1.52. The number of amides is 2. The Morgan fingerprint density at radius 1 is 1.03 bits per heavy atom. The molecule has 1 heterocycles. The lowest BCUT2D eigenvalue weighted by Gasteiger charge is -2.14. The average molecular weight is 460 g/mol. The van der Waals surface area contributed by atoms with Gasteiger partial charge in [-0.2, -0.15) is 5.10 Å². The summed E-state index contributed by atoms with van der Waals surface area (Å²) in [5.74, 6) is 1.22. The Labute approximate surface area is 199 Å². The summed E-state index contributed by atoms with van der Waals surface area (Å²) in [6, 6.07) is 14.8. The number of benzene rings is 2. The molecule has 34 heavy (non-hydrogen) atoms. The Kier molecular flexibility index (Phi) is 6.82. The number of carbonyl (C=O) groups is 2. The lowest BCUT2D eigenvalue weighted by Crippen LogP contribution is -2.22. The predicted octanol–water partition coefficient (Wildman–Crippen LogP) is 5.44. The Bertz CT molecular complexity index is 1240. The molecule has 0 atom stereocenters. The van der Waals surface area contributed by atoms with Crippen molar-refractivity contribution in [2.45, 2.75) is 46.0 Å². The Balaban J connectivity index is 1.54. The van der Waals surface area contributed by atoms with Crippen LogP contribution in [0.2, 0.25) is 0 Å². The van der Waals surface area contributed by atoms with Crippen LogP contribution >= 0.6 is 0 Å². The molecule has 7 nitrogen and oxygen atoms in total. The maximum Gasteiger partial charge on any atom is 0.291 e. The van der Waals surface area contributed by atoms with Crippen LogP contribution in [0.4, 0.5) is 5.69 Å². The topological polar surface area (TPSA) is 92.9 Å². The van der Waals surface area contributed by atoms with Crippen molar-refractivity contribution in [2.24, 2.45) is 5.10 Å². The highest BCUT2D eigenvalue weighted by atomic mass is 16.5. The molecule has 0 saturated heterocycles. The first-order valence-electron chi connectivity index (χ1n) is 11.4. The second kappa shape index (κ2) is 9.95. The van der Waals surface area contributed by atoms with Crippen molar-refractivity contribution < 1.29 is 18.7 Å². The quantitative estimate of drug-likeness (QED) is 0.480. The third-order valence-corrected chi connectivity index (χ3v) is 6.01. The molecule has 1 aliphatic carbocycles. The van der Waals surface area contributed by atoms with Gasteiger partial charge in [0.2, 0.25) is 0 Å². The lowest BCUT2D eigenvalue weighted by atomic mass is 9.93. The van der Waals surface area contributed by atoms with E-state index < -0.39 is 0 Å². The van der Waals surface area contributed by atoms with Gasteiger partial charge in [-0.05, 0) is 55.5 Å². The van der Waals surface area contributed by atoms with Crippen molar-refractivity contribution >= 4 is 23.2 Å². The summed E-state index contributed by atoms with van der Waals surface area (Å²) in [4.78, 5) is 25.6. The summed E-state index contributed by atoms with van der Waals surface area (Å²) in [5, 5.41) is 7.31. The third-order valence-electron chi connectivity index (χ3n) is 6.01. The van der Waals surface area contributed by atoms with E-state index in [1.165, 1.54) is 12.7 Å². The van der Waals surface area contributed by atoms with Crippen LogP contribution in [0.15, 0.2) is 58.0 Å². The van der Waals surface area contributed by atoms with Gasteiger partial charge < -0.3 is 14.5 Å². The fourth-order valence-electron chi connectivity index (χ4n) is 4.15. The van der Waals surface area contributed by atoms with Gasteiger partial charge in [-0.3, -0.25) is 9.59 Å². The van der Waals surface area contributed by atoms with Crippen molar-refractivity contribution in [3.63, 3.8) is 0 Å². The minimum atomic E-state index is -0.360. The number of nitrogens with one attached hydrogen (secondary N) is 2. The number of hydrogen-bond donors (Lipinski definition) is 2. The zero-order chi connectivity index (χ0) is 24.2. The Morgan fingerprint density at radius 2 is 1.76 bits per heavy atom. The SMILES string of the molecule is COc1ccccc1C(=O)N/N=C1\CCCc2oc(C(=O)Nc3ccc(C(C)C)cc3)c(C)c21. The summed E-state index contributed by atoms with van der Waals surface area (Å²) < 4.78 is 11.2. The largest absolute Gasteiger partial charge is 0.496 e. The van der Waals surface area contributed by atoms with Crippen LogP contribution in [0.25, 0.3) is 0 Å². The van der Waals surface area contributed by atoms with Crippen LogP contribution in [-0.2, 0) is 6.42 Å². The van der Waals surface area contributed by atoms with E-state index in [1.54, 1.807) is 24.3 Å². The fourth-order valence-corrected chi connectivity index (χ4v) is 4.15. The number of methoxy groups -OCH3 is 1. The van der Waals surface area contributed by atoms with E-state index in [4.69, 9.17) is 9.15 Å². The molecular weight excluding hydrogens is 430 g/mol. The molecule has 0 bridgehead atoms. The number of fused-ring (bicyclic) bond motifs is 1. The maximum absolute atomic E-state index is 13.0. The van der Waals surface area contributed by atoms with Gasteiger partial charge in [0.1, 0.15) is 11.5 Å². The van der Waals surface area contributed by atoms with Gasteiger partial charge in [0.05, 0.1) is 18.4 Å². The highest BCUT2D eigenvalue weighted by molar-refractivity contribution is 6.09. The number of para-hydroxylation sites is 1. The highest BCUT2D eigenvalue weighted by Crippen LogP contribution is 2.30. The van der Waals surface area contributed by atoms with Crippen LogP contribution in [0.5, 0.6) is 5.75 Å². The first-order valence-corrected chi connectivity index (χ1v) is 11.4. The second-order valence-corrected chi connectivity index (χ2v) is 8.64. The summed E-state index contributed by atoms with van der Waals surface area (Å²) in [6.45, 7) is 6.10. The standard InChI is InChI=1S/C27H29N3O4/c1-16(2)18-12-14-19(15-13-18)28-27(32)25-17(3)24-21(9-7-11-23(24)34-25)29-30-26(31)20-8-5-6-10-22(20)33-4/h5-6,8,10,12-16H,7,9,11H2,1-4H3,(H,28,32)(H,30,31)/b29-21+. The molecule has 1 aromatic heterocycles. The van der Waals surface area contributed by atoms with Crippen LogP contribution in [0.1, 0.15) is 76.0 Å². The van der Waals surface area contributed by atoms with Crippen molar-refractivity contribution in [3.05, 3.63) is 82.3 Å². The van der Waals surface area contributed by atoms with Crippen LogP contribution in [0.3, 0.4) is 0 Å². The molecule has 1 aliphatic rings. The van der Waals surface area contributed by atoms with Crippen molar-refractivity contribution in [3.8, 4) is 5.75 Å². The molecule has 2 amide bonds. The first kappa shape index (κ1) is 23.3. The number of hydrogen-bond acceptors (Lipinski definition) is 5.